The van der Waals surface area contributed by atoms with Gasteiger partial charge in [0, 0.05) is 0 Å². The molecule has 3 nitrogen and oxygen atoms in total. The lowest BCUT2D eigenvalue weighted by Crippen LogP contribution is -2.38. The molecule has 0 saturated heterocycles. The van der Waals surface area contributed by atoms with Crippen molar-refractivity contribution in [2.24, 2.45) is 17.8 Å². The predicted octanol–water partition coefficient (Wildman–Crippen LogP) is 3.15. The van der Waals surface area contributed by atoms with Crippen LogP contribution < -0.4 is 0 Å². The normalized spacial score (nSPS) is 22.1. The minimum absolute atomic E-state index is 0.123. The molecule has 0 spiro atoms. The Bertz CT molecular complexity index is 242. The minimum Gasteiger partial charge on any atom is -0.469 e. The molecule has 106 valence electrons. The maximum atomic E-state index is 11.8. The van der Waals surface area contributed by atoms with E-state index < -0.39 is 6.10 Å². The molecule has 0 aromatic heterocycles. The van der Waals surface area contributed by atoms with Gasteiger partial charge in [0.15, 0.2) is 0 Å². The van der Waals surface area contributed by atoms with Gasteiger partial charge in [-0.05, 0) is 24.7 Å². The number of hydrogen-bond acceptors (Lipinski definition) is 3. The average Bonchev–Trinajstić information content (AvgIpc) is 2.27. The molecular weight excluding hydrogens is 228 g/mol. The van der Waals surface area contributed by atoms with Gasteiger partial charge in [0.25, 0.3) is 0 Å². The number of aliphatic hydroxyl groups is 1. The molecule has 2 atom stereocenters. The second-order valence-corrected chi connectivity index (χ2v) is 5.89. The van der Waals surface area contributed by atoms with Crippen LogP contribution in [0.25, 0.3) is 0 Å². The quantitative estimate of drug-likeness (QED) is 0.786. The number of methoxy groups -OCH3 is 1. The largest absolute Gasteiger partial charge is 0.469 e. The van der Waals surface area contributed by atoms with Gasteiger partial charge in [-0.2, -0.15) is 0 Å². The number of esters is 1. The lowest BCUT2D eigenvalue weighted by Gasteiger charge is -2.31. The van der Waals surface area contributed by atoms with Crippen molar-refractivity contribution in [1.82, 2.24) is 0 Å². The maximum absolute atomic E-state index is 11.8. The van der Waals surface area contributed by atoms with E-state index in [2.05, 4.69) is 0 Å². The van der Waals surface area contributed by atoms with E-state index in [-0.39, 0.29) is 23.7 Å². The van der Waals surface area contributed by atoms with Crippen molar-refractivity contribution in [3.63, 3.8) is 0 Å². The first-order valence-corrected chi connectivity index (χ1v) is 7.33. The third-order valence-corrected chi connectivity index (χ3v) is 4.19. The molecule has 2 unspecified atom stereocenters. The fraction of sp³-hybridized carbons (Fsp3) is 0.933. The summed E-state index contributed by atoms with van der Waals surface area (Å²) in [5.41, 5.74) is 0. The highest BCUT2D eigenvalue weighted by Crippen LogP contribution is 2.31. The molecule has 0 bridgehead atoms. The van der Waals surface area contributed by atoms with E-state index in [9.17, 15) is 9.90 Å². The maximum Gasteiger partial charge on any atom is 0.311 e. The standard InChI is InChI=1S/C15H28O3/c1-11(2)13(15(17)18-3)14(16)12-9-7-5-4-6-8-10-12/h11-14,16H,4-10H2,1-3H3. The summed E-state index contributed by atoms with van der Waals surface area (Å²) in [5, 5.41) is 10.5. The zero-order chi connectivity index (χ0) is 13.5. The molecule has 1 aliphatic rings. The molecular formula is C15H28O3. The third kappa shape index (κ3) is 4.27. The van der Waals surface area contributed by atoms with Gasteiger partial charge < -0.3 is 9.84 Å². The Kier molecular flexibility index (Phi) is 6.69. The summed E-state index contributed by atoms with van der Waals surface area (Å²) in [4.78, 5) is 11.8. The highest BCUT2D eigenvalue weighted by atomic mass is 16.5. The Hall–Kier alpha value is -0.570. The van der Waals surface area contributed by atoms with Crippen LogP contribution in [0.2, 0.25) is 0 Å². The van der Waals surface area contributed by atoms with Gasteiger partial charge in [-0.1, -0.05) is 46.0 Å². The summed E-state index contributed by atoms with van der Waals surface area (Å²) in [6.45, 7) is 3.96. The van der Waals surface area contributed by atoms with Crippen LogP contribution in [-0.4, -0.2) is 24.3 Å². The zero-order valence-corrected chi connectivity index (χ0v) is 12.0. The first-order chi connectivity index (χ1) is 8.57. The number of aliphatic hydroxyl groups excluding tert-OH is 1. The average molecular weight is 256 g/mol. The van der Waals surface area contributed by atoms with Crippen LogP contribution >= 0.6 is 0 Å². The first-order valence-electron chi connectivity index (χ1n) is 7.33. The molecule has 1 fully saturated rings. The Morgan fingerprint density at radius 3 is 2.06 bits per heavy atom. The van der Waals surface area contributed by atoms with Crippen molar-refractivity contribution in [2.75, 3.05) is 7.11 Å². The molecule has 0 aromatic carbocycles. The SMILES string of the molecule is COC(=O)C(C(C)C)C(O)C1CCCCCCC1. The van der Waals surface area contributed by atoms with Gasteiger partial charge in [0.1, 0.15) is 0 Å². The van der Waals surface area contributed by atoms with Crippen molar-refractivity contribution in [2.45, 2.75) is 64.9 Å². The van der Waals surface area contributed by atoms with Crippen LogP contribution in [0, 0.1) is 17.8 Å². The van der Waals surface area contributed by atoms with E-state index in [1.54, 1.807) is 0 Å². The monoisotopic (exact) mass is 256 g/mol. The van der Waals surface area contributed by atoms with E-state index in [0.717, 1.165) is 12.8 Å². The van der Waals surface area contributed by atoms with Gasteiger partial charge in [0.2, 0.25) is 0 Å². The van der Waals surface area contributed by atoms with Gasteiger partial charge in [0.05, 0.1) is 19.1 Å². The van der Waals surface area contributed by atoms with E-state index >= 15 is 0 Å². The number of rotatable bonds is 4. The van der Waals surface area contributed by atoms with Gasteiger partial charge in [-0.25, -0.2) is 0 Å². The van der Waals surface area contributed by atoms with Crippen molar-refractivity contribution in [1.29, 1.82) is 0 Å². The number of carbonyl (C=O) groups excluding carboxylic acids is 1. The molecule has 3 heteroatoms. The highest BCUT2D eigenvalue weighted by molar-refractivity contribution is 5.73. The molecule has 0 heterocycles. The van der Waals surface area contributed by atoms with Crippen LogP contribution in [0.15, 0.2) is 0 Å². The van der Waals surface area contributed by atoms with E-state index in [0.29, 0.717) is 0 Å². The fourth-order valence-corrected chi connectivity index (χ4v) is 3.06. The van der Waals surface area contributed by atoms with E-state index in [4.69, 9.17) is 4.74 Å². The van der Waals surface area contributed by atoms with Crippen molar-refractivity contribution >= 4 is 5.97 Å². The molecule has 0 radical (unpaired) electrons. The molecule has 18 heavy (non-hydrogen) atoms. The van der Waals surface area contributed by atoms with Crippen molar-refractivity contribution in [3.8, 4) is 0 Å². The topological polar surface area (TPSA) is 46.5 Å². The summed E-state index contributed by atoms with van der Waals surface area (Å²) in [5.74, 6) is -0.256. The van der Waals surface area contributed by atoms with Crippen molar-refractivity contribution in [3.05, 3.63) is 0 Å². The first kappa shape index (κ1) is 15.5. The molecule has 1 aliphatic carbocycles. The number of carbonyl (C=O) groups is 1. The predicted molar refractivity (Wildman–Crippen MR) is 72.2 cm³/mol. The minimum atomic E-state index is -0.546. The number of ether oxygens (including phenoxy) is 1. The Labute approximate surface area is 111 Å². The highest BCUT2D eigenvalue weighted by Gasteiger charge is 2.35. The third-order valence-electron chi connectivity index (χ3n) is 4.19. The zero-order valence-electron chi connectivity index (χ0n) is 12.0. The Balaban J connectivity index is 2.67. The molecule has 0 amide bonds. The lowest BCUT2D eigenvalue weighted by atomic mass is 9.78. The smallest absolute Gasteiger partial charge is 0.311 e. The molecule has 1 saturated carbocycles. The van der Waals surface area contributed by atoms with Gasteiger partial charge in [-0.3, -0.25) is 4.79 Å². The summed E-state index contributed by atoms with van der Waals surface area (Å²) in [6, 6.07) is 0. The second kappa shape index (κ2) is 7.78. The molecule has 1 N–H and O–H groups in total. The molecule has 0 aromatic rings. The summed E-state index contributed by atoms with van der Waals surface area (Å²) in [6.07, 6.45) is 7.72. The van der Waals surface area contributed by atoms with Crippen LogP contribution in [0.3, 0.4) is 0 Å². The summed E-state index contributed by atoms with van der Waals surface area (Å²) >= 11 is 0. The molecule has 1 rings (SSSR count). The number of hydrogen-bond donors (Lipinski definition) is 1. The van der Waals surface area contributed by atoms with Crippen molar-refractivity contribution < 1.29 is 14.6 Å². The fourth-order valence-electron chi connectivity index (χ4n) is 3.06. The van der Waals surface area contributed by atoms with Crippen LogP contribution in [0.1, 0.15) is 58.8 Å². The van der Waals surface area contributed by atoms with E-state index in [1.807, 2.05) is 13.8 Å². The van der Waals surface area contributed by atoms with Crippen LogP contribution in [0.4, 0.5) is 0 Å². The summed E-state index contributed by atoms with van der Waals surface area (Å²) in [7, 11) is 1.41. The Morgan fingerprint density at radius 1 is 1.11 bits per heavy atom. The lowest BCUT2D eigenvalue weighted by molar-refractivity contribution is -0.153. The van der Waals surface area contributed by atoms with Crippen LogP contribution in [-0.2, 0) is 9.53 Å². The van der Waals surface area contributed by atoms with E-state index in [1.165, 1.54) is 39.2 Å². The molecule has 0 aliphatic heterocycles. The second-order valence-electron chi connectivity index (χ2n) is 5.89. The van der Waals surface area contributed by atoms with Gasteiger partial charge >= 0.3 is 5.97 Å². The van der Waals surface area contributed by atoms with Crippen LogP contribution in [0.5, 0.6) is 0 Å². The Morgan fingerprint density at radius 2 is 1.61 bits per heavy atom. The van der Waals surface area contributed by atoms with Gasteiger partial charge in [-0.15, -0.1) is 0 Å². The summed E-state index contributed by atoms with van der Waals surface area (Å²) < 4.78 is 4.84.